The van der Waals surface area contributed by atoms with E-state index in [4.69, 9.17) is 16.9 Å². The lowest BCUT2D eigenvalue weighted by molar-refractivity contribution is 0.151. The Morgan fingerprint density at radius 1 is 1.05 bits per heavy atom. The average Bonchev–Trinajstić information content (AvgIpc) is 2.48. The molecule has 106 valence electrons. The molecule has 0 bridgehead atoms. The normalized spacial score (nSPS) is 11.0. The summed E-state index contributed by atoms with van der Waals surface area (Å²) in [6.07, 6.45) is 1.37. The van der Waals surface area contributed by atoms with Gasteiger partial charge in [-0.25, -0.2) is 8.78 Å². The van der Waals surface area contributed by atoms with Gasteiger partial charge in [-0.05, 0) is 28.8 Å². The molecule has 0 spiro atoms. The summed E-state index contributed by atoms with van der Waals surface area (Å²) in [5, 5.41) is 8.67. The smallest absolute Gasteiger partial charge is 0.205 e. The first-order chi connectivity index (χ1) is 10.1. The van der Waals surface area contributed by atoms with Crippen LogP contribution in [0.15, 0.2) is 42.5 Å². The molecule has 1 nitrogen and oxygen atoms in total. The maximum absolute atomic E-state index is 12.8. The molecule has 0 radical (unpaired) electrons. The van der Waals surface area contributed by atoms with Gasteiger partial charge in [0.1, 0.15) is 0 Å². The van der Waals surface area contributed by atoms with Crippen molar-refractivity contribution in [1.29, 1.82) is 5.26 Å². The van der Waals surface area contributed by atoms with Gasteiger partial charge >= 0.3 is 0 Å². The van der Waals surface area contributed by atoms with Gasteiger partial charge in [-0.1, -0.05) is 54.1 Å². The van der Waals surface area contributed by atoms with E-state index in [0.29, 0.717) is 12.0 Å². The zero-order valence-electron chi connectivity index (χ0n) is 11.1. The molecule has 2 rings (SSSR count). The van der Waals surface area contributed by atoms with Gasteiger partial charge < -0.3 is 0 Å². The summed E-state index contributed by atoms with van der Waals surface area (Å²) in [6.45, 7) is 0. The van der Waals surface area contributed by atoms with Crippen LogP contribution >= 0.6 is 11.6 Å². The topological polar surface area (TPSA) is 23.8 Å². The number of hydrogen-bond donors (Lipinski definition) is 0. The third-order valence-corrected chi connectivity index (χ3v) is 3.33. The lowest BCUT2D eigenvalue weighted by Gasteiger charge is -2.04. The van der Waals surface area contributed by atoms with E-state index >= 15 is 0 Å². The van der Waals surface area contributed by atoms with E-state index in [1.54, 1.807) is 12.1 Å². The van der Waals surface area contributed by atoms with E-state index in [-0.39, 0.29) is 10.6 Å². The molecule has 2 aromatic rings. The molecular formula is C17H12ClF2N. The van der Waals surface area contributed by atoms with Gasteiger partial charge in [-0.2, -0.15) is 5.26 Å². The molecule has 0 aliphatic heterocycles. The first kappa shape index (κ1) is 15.2. The number of halogens is 3. The lowest BCUT2D eigenvalue weighted by atomic mass is 10.1. The molecule has 0 N–H and O–H groups in total. The second-order valence-electron chi connectivity index (χ2n) is 4.49. The molecule has 21 heavy (non-hydrogen) atoms. The zero-order chi connectivity index (χ0) is 15.2. The molecule has 0 unspecified atom stereocenters. The molecule has 4 heteroatoms. The van der Waals surface area contributed by atoms with Crippen molar-refractivity contribution in [2.45, 2.75) is 12.8 Å². The SMILES string of the molecule is N#CCc1ccc(/C=C/c2ccc(Cl)c(C(F)F)c2)cc1. The molecular weight excluding hydrogens is 292 g/mol. The van der Waals surface area contributed by atoms with E-state index < -0.39 is 6.43 Å². The summed E-state index contributed by atoms with van der Waals surface area (Å²) in [5.74, 6) is 0. The number of nitrogens with zero attached hydrogens (tertiary/aromatic N) is 1. The number of rotatable bonds is 4. The first-order valence-corrected chi connectivity index (χ1v) is 6.69. The van der Waals surface area contributed by atoms with E-state index in [0.717, 1.165) is 11.1 Å². The van der Waals surface area contributed by atoms with Gasteiger partial charge in [0.25, 0.3) is 6.43 Å². The van der Waals surface area contributed by atoms with E-state index in [9.17, 15) is 8.78 Å². The molecule has 0 heterocycles. The minimum atomic E-state index is -2.59. The van der Waals surface area contributed by atoms with Crippen LogP contribution in [0.2, 0.25) is 5.02 Å². The highest BCUT2D eigenvalue weighted by Gasteiger charge is 2.11. The van der Waals surface area contributed by atoms with Crippen LogP contribution < -0.4 is 0 Å². The third-order valence-electron chi connectivity index (χ3n) is 2.99. The number of alkyl halides is 2. The Bertz CT molecular complexity index is 685. The van der Waals surface area contributed by atoms with Crippen LogP contribution in [0.1, 0.15) is 28.7 Å². The molecule has 0 aliphatic rings. The highest BCUT2D eigenvalue weighted by molar-refractivity contribution is 6.31. The van der Waals surface area contributed by atoms with Crippen molar-refractivity contribution in [2.24, 2.45) is 0 Å². The molecule has 0 saturated heterocycles. The minimum absolute atomic E-state index is 0.0722. The largest absolute Gasteiger partial charge is 0.265 e. The van der Waals surface area contributed by atoms with Crippen molar-refractivity contribution in [3.63, 3.8) is 0 Å². The van der Waals surface area contributed by atoms with Crippen molar-refractivity contribution < 1.29 is 8.78 Å². The Morgan fingerprint density at radius 3 is 2.29 bits per heavy atom. The van der Waals surface area contributed by atoms with Crippen LogP contribution in [0, 0.1) is 11.3 Å². The molecule has 0 atom stereocenters. The maximum Gasteiger partial charge on any atom is 0.265 e. The molecule has 0 aromatic heterocycles. The van der Waals surface area contributed by atoms with E-state index in [1.165, 1.54) is 12.1 Å². The average molecular weight is 304 g/mol. The van der Waals surface area contributed by atoms with Crippen LogP contribution in [0.3, 0.4) is 0 Å². The Morgan fingerprint density at radius 2 is 1.67 bits per heavy atom. The molecule has 0 fully saturated rings. The summed E-state index contributed by atoms with van der Waals surface area (Å²) >= 11 is 5.73. The fraction of sp³-hybridized carbons (Fsp3) is 0.118. The van der Waals surface area contributed by atoms with E-state index in [1.807, 2.05) is 30.3 Å². The fourth-order valence-corrected chi connectivity index (χ4v) is 2.06. The van der Waals surface area contributed by atoms with E-state index in [2.05, 4.69) is 6.07 Å². The Labute approximate surface area is 127 Å². The summed E-state index contributed by atoms with van der Waals surface area (Å²) in [4.78, 5) is 0. The number of nitriles is 1. The maximum atomic E-state index is 12.8. The predicted octanol–water partition coefficient (Wildman–Crippen LogP) is 5.51. The fourth-order valence-electron chi connectivity index (χ4n) is 1.86. The molecule has 2 aromatic carbocycles. The predicted molar refractivity (Wildman–Crippen MR) is 81.1 cm³/mol. The third kappa shape index (κ3) is 4.14. The Balaban J connectivity index is 2.17. The summed E-state index contributed by atoms with van der Waals surface area (Å²) in [6, 6.07) is 14.1. The van der Waals surface area contributed by atoms with Crippen molar-refractivity contribution in [3.05, 3.63) is 69.7 Å². The van der Waals surface area contributed by atoms with Gasteiger partial charge in [0.05, 0.1) is 12.5 Å². The number of benzene rings is 2. The van der Waals surface area contributed by atoms with Crippen LogP contribution in [-0.2, 0) is 6.42 Å². The first-order valence-electron chi connectivity index (χ1n) is 6.31. The van der Waals surface area contributed by atoms with Crippen LogP contribution in [0.5, 0.6) is 0 Å². The van der Waals surface area contributed by atoms with Crippen LogP contribution in [-0.4, -0.2) is 0 Å². The highest BCUT2D eigenvalue weighted by Crippen LogP contribution is 2.28. The van der Waals surface area contributed by atoms with Gasteiger partial charge in [-0.3, -0.25) is 0 Å². The Hall–Kier alpha value is -2.18. The minimum Gasteiger partial charge on any atom is -0.205 e. The van der Waals surface area contributed by atoms with Crippen molar-refractivity contribution in [3.8, 4) is 6.07 Å². The van der Waals surface area contributed by atoms with Crippen LogP contribution in [0.25, 0.3) is 12.2 Å². The van der Waals surface area contributed by atoms with Gasteiger partial charge in [0.15, 0.2) is 0 Å². The summed E-state index contributed by atoms with van der Waals surface area (Å²) in [5.41, 5.74) is 2.38. The van der Waals surface area contributed by atoms with Crippen molar-refractivity contribution in [1.82, 2.24) is 0 Å². The van der Waals surface area contributed by atoms with Gasteiger partial charge in [-0.15, -0.1) is 0 Å². The quantitative estimate of drug-likeness (QED) is 0.683. The molecule has 0 saturated carbocycles. The standard InChI is InChI=1S/C17H12ClF2N/c18-16-8-7-14(11-15(16)17(19)20)6-5-12-1-3-13(4-2-12)9-10-21/h1-8,11,17H,9H2/b6-5+. The zero-order valence-corrected chi connectivity index (χ0v) is 11.8. The molecule has 0 amide bonds. The van der Waals surface area contributed by atoms with Crippen molar-refractivity contribution in [2.75, 3.05) is 0 Å². The second-order valence-corrected chi connectivity index (χ2v) is 4.90. The monoisotopic (exact) mass is 303 g/mol. The number of hydrogen-bond acceptors (Lipinski definition) is 1. The Kier molecular flexibility index (Phi) is 5.08. The highest BCUT2D eigenvalue weighted by atomic mass is 35.5. The lowest BCUT2D eigenvalue weighted by Crippen LogP contribution is -1.87. The van der Waals surface area contributed by atoms with Gasteiger partial charge in [0.2, 0.25) is 0 Å². The van der Waals surface area contributed by atoms with Crippen LogP contribution in [0.4, 0.5) is 8.78 Å². The molecule has 0 aliphatic carbocycles. The summed E-state index contributed by atoms with van der Waals surface area (Å²) in [7, 11) is 0. The second kappa shape index (κ2) is 7.01. The van der Waals surface area contributed by atoms with Crippen molar-refractivity contribution >= 4 is 23.8 Å². The van der Waals surface area contributed by atoms with Gasteiger partial charge in [0, 0.05) is 10.6 Å². The summed E-state index contributed by atoms with van der Waals surface area (Å²) < 4.78 is 25.5.